The van der Waals surface area contributed by atoms with Crippen molar-refractivity contribution in [1.82, 2.24) is 9.97 Å². The molecule has 1 aliphatic rings. The van der Waals surface area contributed by atoms with E-state index >= 15 is 0 Å². The third-order valence-electron chi connectivity index (χ3n) is 5.56. The number of nitrogens with two attached hydrogens (primary N) is 1. The summed E-state index contributed by atoms with van der Waals surface area (Å²) in [5, 5.41) is 24.8. The van der Waals surface area contributed by atoms with Gasteiger partial charge in [-0.1, -0.05) is 0 Å². The zero-order valence-electron chi connectivity index (χ0n) is 18.9. The van der Waals surface area contributed by atoms with E-state index in [1.807, 2.05) is 0 Å². The van der Waals surface area contributed by atoms with E-state index in [1.54, 1.807) is 24.1 Å². The van der Waals surface area contributed by atoms with E-state index in [4.69, 9.17) is 5.73 Å². The number of nitrogens with one attached hydrogen (secondary N) is 2. The minimum absolute atomic E-state index is 0. The average Bonchev–Trinajstić information content (AvgIpc) is 2.79. The maximum absolute atomic E-state index is 12.5. The summed E-state index contributed by atoms with van der Waals surface area (Å²) >= 11 is 0. The average molecular weight is 511 g/mol. The molecule has 0 bridgehead atoms. The summed E-state index contributed by atoms with van der Waals surface area (Å²) in [4.78, 5) is 67.8. The topological polar surface area (TPSA) is 205 Å². The van der Waals surface area contributed by atoms with Gasteiger partial charge in [-0.05, 0) is 37.1 Å². The van der Waals surface area contributed by atoms with Gasteiger partial charge in [0.2, 0.25) is 12.4 Å². The molecule has 1 aromatic carbocycles. The van der Waals surface area contributed by atoms with Crippen LogP contribution < -0.4 is 36.6 Å². The molecule has 0 saturated carbocycles. The van der Waals surface area contributed by atoms with Gasteiger partial charge in [-0.15, -0.1) is 0 Å². The molecule has 0 spiro atoms. The van der Waals surface area contributed by atoms with E-state index in [1.165, 1.54) is 17.0 Å². The Morgan fingerprint density at radius 1 is 1.29 bits per heavy atom. The molecule has 3 rings (SSSR count). The zero-order chi connectivity index (χ0) is 25.0. The number of fused-ring (bicyclic) bond motifs is 1. The number of carbonyl (C=O) groups excluding carboxylic acids is 4. The van der Waals surface area contributed by atoms with Crippen LogP contribution in [0.15, 0.2) is 29.1 Å². The number of hydrogen-bond acceptors (Lipinski definition) is 11. The number of rotatable bonds is 10. The maximum atomic E-state index is 12.5. The van der Waals surface area contributed by atoms with Crippen molar-refractivity contribution in [2.45, 2.75) is 25.4 Å². The number of Topliss-reactive ketones (excluding diaryl/α,β-unsaturated/α-hetero) is 1. The second-order valence-corrected chi connectivity index (χ2v) is 7.73. The number of aromatic amines is 1. The molecule has 35 heavy (non-hydrogen) atoms. The number of H-pyrrole nitrogens is 1. The third kappa shape index (κ3) is 6.50. The molecule has 1 unspecified atom stereocenters. The molecule has 2 atom stereocenters. The predicted molar refractivity (Wildman–Crippen MR) is 122 cm³/mol. The van der Waals surface area contributed by atoms with Crippen LogP contribution in [-0.2, 0) is 14.4 Å². The molecule has 180 valence electrons. The molecule has 0 radical (unpaired) electrons. The molecule has 4 N–H and O–H groups in total. The Balaban J connectivity index is 0.00000432. The molecule has 1 amide bonds. The van der Waals surface area contributed by atoms with Crippen LogP contribution in [0.1, 0.15) is 29.6 Å². The normalized spacial score (nSPS) is 15.1. The Labute approximate surface area is 229 Å². The number of carbonyl (C=O) groups is 4. The van der Waals surface area contributed by atoms with Gasteiger partial charge in [0.25, 0.3) is 5.56 Å². The number of carboxylic acids is 2. The molecule has 1 aromatic heterocycles. The monoisotopic (exact) mass is 510 g/mol. The predicted octanol–water partition coefficient (Wildman–Crippen LogP) is -2.71. The number of carboxylic acid groups (broad SMARTS) is 2. The number of hydrogen-bond donors (Lipinski definition) is 3. The van der Waals surface area contributed by atoms with E-state index in [9.17, 15) is 34.2 Å². The van der Waals surface area contributed by atoms with Crippen LogP contribution in [0, 0.1) is 5.92 Å². The Bertz CT molecular complexity index is 1170. The van der Waals surface area contributed by atoms with E-state index in [2.05, 4.69) is 15.3 Å². The number of benzene rings is 1. The van der Waals surface area contributed by atoms with Crippen LogP contribution >= 0.6 is 0 Å². The van der Waals surface area contributed by atoms with Crippen molar-refractivity contribution in [3.05, 3.63) is 40.2 Å². The van der Waals surface area contributed by atoms with Crippen molar-refractivity contribution in [1.29, 1.82) is 0 Å². The Morgan fingerprint density at radius 2 is 1.94 bits per heavy atom. The number of amides is 1. The van der Waals surface area contributed by atoms with Gasteiger partial charge >= 0.3 is 37.7 Å². The number of anilines is 4. The van der Waals surface area contributed by atoms with Gasteiger partial charge in [-0.25, -0.2) is 0 Å². The Kier molecular flexibility index (Phi) is 9.63. The Morgan fingerprint density at radius 3 is 2.51 bits per heavy atom. The largest absolute Gasteiger partial charge is 2.00 e. The molecular formula is C21H22CaN6O7. The minimum atomic E-state index is -1.50. The van der Waals surface area contributed by atoms with Crippen molar-refractivity contribution in [3.63, 3.8) is 0 Å². The van der Waals surface area contributed by atoms with Crippen molar-refractivity contribution in [3.8, 4) is 0 Å². The van der Waals surface area contributed by atoms with Crippen LogP contribution in [0.3, 0.4) is 0 Å². The summed E-state index contributed by atoms with van der Waals surface area (Å²) in [5.74, 6) is -4.55. The number of ketones is 1. The third-order valence-corrected chi connectivity index (χ3v) is 5.56. The summed E-state index contributed by atoms with van der Waals surface area (Å²) in [5.41, 5.74) is 5.82. The fourth-order valence-corrected chi connectivity index (χ4v) is 3.72. The van der Waals surface area contributed by atoms with E-state index in [0.29, 0.717) is 12.1 Å². The standard InChI is InChI=1S/C21H24N6O7.Ca/c1-26(15-9-23-18-17(27(15)10-28)19(32)25-21(22)24-18)13-5-2-11(3-6-13)14(29)8-12(20(33)34)4-7-16(30)31;/h2-3,5-6,10,12,15H,4,7-9H2,1H3,(H,30,31)(H,33,34)(H4,22,23,24,25,32);/q;+2/p-2/t12?,15-;/m0./s1. The van der Waals surface area contributed by atoms with Gasteiger partial charge in [0.05, 0.1) is 6.54 Å². The Hall–Kier alpha value is -3.16. The van der Waals surface area contributed by atoms with E-state index in [0.717, 1.165) is 0 Å². The van der Waals surface area contributed by atoms with Gasteiger partial charge in [-0.3, -0.25) is 24.3 Å². The van der Waals surface area contributed by atoms with Crippen molar-refractivity contribution >= 4 is 85.0 Å². The quantitative estimate of drug-likeness (QED) is 0.170. The van der Waals surface area contributed by atoms with Crippen molar-refractivity contribution in [2.75, 3.05) is 34.4 Å². The molecule has 14 heteroatoms. The zero-order valence-corrected chi connectivity index (χ0v) is 21.1. The van der Waals surface area contributed by atoms with Crippen LogP contribution in [0.4, 0.5) is 23.1 Å². The molecule has 1 aliphatic heterocycles. The van der Waals surface area contributed by atoms with Gasteiger partial charge in [0, 0.05) is 42.6 Å². The first kappa shape index (κ1) is 28.1. The summed E-state index contributed by atoms with van der Waals surface area (Å²) in [6.07, 6.45) is -1.27. The number of likely N-dealkylation sites (N-methyl/N-ethyl adjacent to an activating group) is 1. The van der Waals surface area contributed by atoms with Crippen molar-refractivity contribution in [2.24, 2.45) is 5.92 Å². The van der Waals surface area contributed by atoms with E-state index < -0.39 is 48.2 Å². The van der Waals surface area contributed by atoms with Crippen LogP contribution in [0.2, 0.25) is 0 Å². The molecule has 2 heterocycles. The first-order valence-electron chi connectivity index (χ1n) is 10.3. The van der Waals surface area contributed by atoms with Crippen LogP contribution in [0.25, 0.3) is 0 Å². The van der Waals surface area contributed by atoms with Crippen LogP contribution in [-0.4, -0.2) is 91.6 Å². The summed E-state index contributed by atoms with van der Waals surface area (Å²) < 4.78 is 0. The van der Waals surface area contributed by atoms with Gasteiger partial charge in [0.15, 0.2) is 17.3 Å². The molecule has 13 nitrogen and oxygen atoms in total. The van der Waals surface area contributed by atoms with E-state index in [-0.39, 0.29) is 73.7 Å². The number of aromatic nitrogens is 2. The van der Waals surface area contributed by atoms with Crippen LogP contribution in [0.5, 0.6) is 0 Å². The van der Waals surface area contributed by atoms with Gasteiger partial charge in [0.1, 0.15) is 6.17 Å². The number of aliphatic carboxylic acids is 2. The molecule has 0 aliphatic carbocycles. The first-order chi connectivity index (χ1) is 16.1. The molecule has 0 fully saturated rings. The summed E-state index contributed by atoms with van der Waals surface area (Å²) in [6.45, 7) is 0.227. The first-order valence-corrected chi connectivity index (χ1v) is 10.3. The smallest absolute Gasteiger partial charge is 0.550 e. The minimum Gasteiger partial charge on any atom is -0.550 e. The molecule has 2 aromatic rings. The van der Waals surface area contributed by atoms with Gasteiger partial charge < -0.3 is 35.8 Å². The summed E-state index contributed by atoms with van der Waals surface area (Å²) in [7, 11) is 1.69. The van der Waals surface area contributed by atoms with Gasteiger partial charge in [-0.2, -0.15) is 4.98 Å². The fraction of sp³-hybridized carbons (Fsp3) is 0.333. The summed E-state index contributed by atoms with van der Waals surface area (Å²) in [6, 6.07) is 6.19. The maximum Gasteiger partial charge on any atom is 2.00 e. The second kappa shape index (κ2) is 12.0. The molecule has 0 saturated heterocycles. The second-order valence-electron chi connectivity index (χ2n) is 7.73. The fourth-order valence-electron chi connectivity index (χ4n) is 3.72. The molecular weight excluding hydrogens is 488 g/mol. The SMILES string of the molecule is CN(c1ccc(C(=O)CC(CCC(=O)[O-])C(=O)[O-])cc1)[C@@H]1CNc2nc(N)[nH]c(=O)c2N1C=O.[Ca+2]. The number of nitrogens with zero attached hydrogens (tertiary/aromatic N) is 3. The number of nitrogen functional groups attached to an aromatic ring is 1. The van der Waals surface area contributed by atoms with Crippen molar-refractivity contribution < 1.29 is 29.4 Å².